The van der Waals surface area contributed by atoms with Gasteiger partial charge in [-0.25, -0.2) is 0 Å². The Morgan fingerprint density at radius 1 is 0.929 bits per heavy atom. The molecule has 0 unspecified atom stereocenters. The molecule has 1 amide bonds. The van der Waals surface area contributed by atoms with Crippen LogP contribution in [0.3, 0.4) is 0 Å². The molecule has 0 spiro atoms. The molecule has 3 rings (SSSR count). The average molecular weight is 396 g/mol. The van der Waals surface area contributed by atoms with Crippen LogP contribution in [0.25, 0.3) is 0 Å². The summed E-state index contributed by atoms with van der Waals surface area (Å²) in [5.41, 5.74) is 2.46. The van der Waals surface area contributed by atoms with Gasteiger partial charge in [0.25, 0.3) is 5.91 Å². The third-order valence-corrected chi connectivity index (χ3v) is 4.37. The van der Waals surface area contributed by atoms with Crippen molar-refractivity contribution in [3.05, 3.63) is 94.5 Å². The molecule has 5 heteroatoms. The first kappa shape index (κ1) is 19.8. The summed E-state index contributed by atoms with van der Waals surface area (Å²) < 4.78 is 11.6. The van der Waals surface area contributed by atoms with E-state index in [9.17, 15) is 4.79 Å². The van der Waals surface area contributed by atoms with Gasteiger partial charge >= 0.3 is 0 Å². The molecule has 28 heavy (non-hydrogen) atoms. The first-order valence-electron chi connectivity index (χ1n) is 9.12. The lowest BCUT2D eigenvalue weighted by molar-refractivity contribution is 0.0950. The number of hydrogen-bond acceptors (Lipinski definition) is 3. The zero-order valence-electron chi connectivity index (χ0n) is 15.7. The largest absolute Gasteiger partial charge is 0.488 e. The van der Waals surface area contributed by atoms with Gasteiger partial charge in [-0.3, -0.25) is 4.79 Å². The number of benzene rings is 3. The van der Waals surface area contributed by atoms with Crippen molar-refractivity contribution in [1.29, 1.82) is 0 Å². The smallest absolute Gasteiger partial charge is 0.251 e. The van der Waals surface area contributed by atoms with E-state index in [0.29, 0.717) is 41.8 Å². The lowest BCUT2D eigenvalue weighted by Gasteiger charge is -2.15. The van der Waals surface area contributed by atoms with E-state index in [-0.39, 0.29) is 5.91 Å². The van der Waals surface area contributed by atoms with Gasteiger partial charge in [-0.2, -0.15) is 0 Å². The molecule has 0 radical (unpaired) electrons. The van der Waals surface area contributed by atoms with Crippen LogP contribution in [-0.2, 0) is 13.2 Å². The Labute approximate surface area is 170 Å². The molecule has 0 atom stereocenters. The van der Waals surface area contributed by atoms with E-state index in [1.165, 1.54) is 0 Å². The lowest BCUT2D eigenvalue weighted by Crippen LogP contribution is -2.22. The van der Waals surface area contributed by atoms with Crippen LogP contribution in [-0.4, -0.2) is 12.5 Å². The topological polar surface area (TPSA) is 47.6 Å². The maximum Gasteiger partial charge on any atom is 0.251 e. The van der Waals surface area contributed by atoms with Gasteiger partial charge in [0.15, 0.2) is 11.5 Å². The first-order chi connectivity index (χ1) is 13.7. The van der Waals surface area contributed by atoms with E-state index in [4.69, 9.17) is 21.1 Å². The van der Waals surface area contributed by atoms with Crippen molar-refractivity contribution in [3.8, 4) is 11.5 Å². The zero-order chi connectivity index (χ0) is 19.8. The van der Waals surface area contributed by atoms with Gasteiger partial charge in [0.1, 0.15) is 6.61 Å². The Hall–Kier alpha value is -2.98. The van der Waals surface area contributed by atoms with Crippen molar-refractivity contribution in [3.63, 3.8) is 0 Å². The van der Waals surface area contributed by atoms with Crippen LogP contribution in [0.1, 0.15) is 28.4 Å². The average Bonchev–Trinajstić information content (AvgIpc) is 2.73. The fraction of sp³-hybridized carbons (Fsp3) is 0.174. The van der Waals surface area contributed by atoms with E-state index < -0.39 is 0 Å². The molecule has 0 aliphatic heterocycles. The van der Waals surface area contributed by atoms with Crippen molar-refractivity contribution in [1.82, 2.24) is 5.32 Å². The molecule has 3 aromatic rings. The molecule has 0 bridgehead atoms. The highest BCUT2D eigenvalue weighted by Crippen LogP contribution is 2.37. The summed E-state index contributed by atoms with van der Waals surface area (Å²) in [6, 6.07) is 22.8. The van der Waals surface area contributed by atoms with Crippen LogP contribution < -0.4 is 14.8 Å². The maximum absolute atomic E-state index is 12.6. The predicted molar refractivity (Wildman–Crippen MR) is 111 cm³/mol. The normalized spacial score (nSPS) is 10.4. The Balaban J connectivity index is 1.77. The summed E-state index contributed by atoms with van der Waals surface area (Å²) in [6.45, 7) is 3.11. The van der Waals surface area contributed by atoms with Crippen molar-refractivity contribution in [2.45, 2.75) is 20.1 Å². The SMILES string of the molecule is CCOc1c(Cl)cc(C(=O)NCc2ccccc2)cc1OCc1ccccc1. The van der Waals surface area contributed by atoms with E-state index in [0.717, 1.165) is 11.1 Å². The number of nitrogens with one attached hydrogen (secondary N) is 1. The molecule has 0 aliphatic rings. The Bertz CT molecular complexity index is 914. The number of ether oxygens (including phenoxy) is 2. The highest BCUT2D eigenvalue weighted by Gasteiger charge is 2.16. The highest BCUT2D eigenvalue weighted by molar-refractivity contribution is 6.32. The second-order valence-electron chi connectivity index (χ2n) is 6.16. The van der Waals surface area contributed by atoms with Crippen molar-refractivity contribution in [2.75, 3.05) is 6.61 Å². The number of carbonyl (C=O) groups excluding carboxylic acids is 1. The third-order valence-electron chi connectivity index (χ3n) is 4.09. The standard InChI is InChI=1S/C23H22ClNO3/c1-2-27-22-20(24)13-19(23(26)25-15-17-9-5-3-6-10-17)14-21(22)28-16-18-11-7-4-8-12-18/h3-14H,2,15-16H2,1H3,(H,25,26). The molecular formula is C23H22ClNO3. The van der Waals surface area contributed by atoms with Gasteiger partial charge in [0.05, 0.1) is 11.6 Å². The molecule has 144 valence electrons. The fourth-order valence-electron chi connectivity index (χ4n) is 2.71. The molecule has 0 saturated heterocycles. The van der Waals surface area contributed by atoms with Crippen LogP contribution in [0.4, 0.5) is 0 Å². The van der Waals surface area contributed by atoms with E-state index in [2.05, 4.69) is 5.32 Å². The molecule has 4 nitrogen and oxygen atoms in total. The van der Waals surface area contributed by atoms with Crippen LogP contribution in [0.15, 0.2) is 72.8 Å². The van der Waals surface area contributed by atoms with Crippen molar-refractivity contribution >= 4 is 17.5 Å². The van der Waals surface area contributed by atoms with E-state index >= 15 is 0 Å². The van der Waals surface area contributed by atoms with Crippen molar-refractivity contribution < 1.29 is 14.3 Å². The molecule has 0 fully saturated rings. The molecule has 0 aromatic heterocycles. The van der Waals surface area contributed by atoms with Crippen LogP contribution >= 0.6 is 11.6 Å². The Morgan fingerprint density at radius 2 is 1.57 bits per heavy atom. The number of halogens is 1. The lowest BCUT2D eigenvalue weighted by atomic mass is 10.1. The van der Waals surface area contributed by atoms with Crippen LogP contribution in [0.5, 0.6) is 11.5 Å². The zero-order valence-corrected chi connectivity index (χ0v) is 16.4. The molecule has 0 heterocycles. The van der Waals surface area contributed by atoms with Crippen molar-refractivity contribution in [2.24, 2.45) is 0 Å². The second kappa shape index (κ2) is 9.81. The summed E-state index contributed by atoms with van der Waals surface area (Å²) in [7, 11) is 0. The molecular weight excluding hydrogens is 374 g/mol. The third kappa shape index (κ3) is 5.27. The van der Waals surface area contributed by atoms with E-state index in [1.807, 2.05) is 67.6 Å². The number of carbonyl (C=O) groups is 1. The minimum absolute atomic E-state index is 0.224. The molecule has 0 saturated carbocycles. The van der Waals surface area contributed by atoms with Gasteiger partial charge in [-0.15, -0.1) is 0 Å². The quantitative estimate of drug-likeness (QED) is 0.566. The summed E-state index contributed by atoms with van der Waals surface area (Å²) in [6.07, 6.45) is 0. The van der Waals surface area contributed by atoms with Gasteiger partial charge in [0, 0.05) is 12.1 Å². The van der Waals surface area contributed by atoms with Crippen LogP contribution in [0, 0.1) is 0 Å². The maximum atomic E-state index is 12.6. The van der Waals surface area contributed by atoms with Gasteiger partial charge in [0.2, 0.25) is 0 Å². The number of hydrogen-bond donors (Lipinski definition) is 1. The summed E-state index contributed by atoms with van der Waals surface area (Å²) in [5.74, 6) is 0.668. The molecule has 0 aliphatic carbocycles. The summed E-state index contributed by atoms with van der Waals surface area (Å²) in [4.78, 5) is 12.6. The van der Waals surface area contributed by atoms with E-state index in [1.54, 1.807) is 12.1 Å². The fourth-order valence-corrected chi connectivity index (χ4v) is 2.97. The Kier molecular flexibility index (Phi) is 6.93. The first-order valence-corrected chi connectivity index (χ1v) is 9.50. The minimum atomic E-state index is -0.224. The van der Waals surface area contributed by atoms with Gasteiger partial charge < -0.3 is 14.8 Å². The van der Waals surface area contributed by atoms with Crippen LogP contribution in [0.2, 0.25) is 5.02 Å². The van der Waals surface area contributed by atoms with Gasteiger partial charge in [-0.05, 0) is 30.2 Å². The monoisotopic (exact) mass is 395 g/mol. The highest BCUT2D eigenvalue weighted by atomic mass is 35.5. The number of rotatable bonds is 8. The summed E-state index contributed by atoms with van der Waals surface area (Å²) in [5, 5.41) is 3.25. The minimum Gasteiger partial charge on any atom is -0.488 e. The Morgan fingerprint density at radius 3 is 2.21 bits per heavy atom. The predicted octanol–water partition coefficient (Wildman–Crippen LogP) is 5.25. The number of amides is 1. The van der Waals surface area contributed by atoms with Gasteiger partial charge in [-0.1, -0.05) is 72.3 Å². The summed E-state index contributed by atoms with van der Waals surface area (Å²) >= 11 is 6.37. The molecule has 1 N–H and O–H groups in total. The second-order valence-corrected chi connectivity index (χ2v) is 6.57. The molecule has 3 aromatic carbocycles.